The average Bonchev–Trinajstić information content (AvgIpc) is 3.22. The van der Waals surface area contributed by atoms with Gasteiger partial charge in [-0.1, -0.05) is 61.5 Å². The number of aryl methyl sites for hydroxylation is 1. The molecule has 2 aromatic carbocycles. The molecule has 0 saturated heterocycles. The van der Waals surface area contributed by atoms with Gasteiger partial charge in [0.15, 0.2) is 5.82 Å². The number of sulfonamides is 1. The lowest BCUT2D eigenvalue weighted by Crippen LogP contribution is -2.34. The SMILES string of the molecule is CCN(CC)S(=O)(=O)c1ccc(C(C)NC(C(=O)Nc2cc(C)on2)c2ccccc2)cc1. The van der Waals surface area contributed by atoms with Crippen LogP contribution in [0, 0.1) is 6.92 Å². The molecule has 0 bridgehead atoms. The maximum atomic E-state index is 13.1. The summed E-state index contributed by atoms with van der Waals surface area (Å²) in [5, 5.41) is 9.97. The topological polar surface area (TPSA) is 105 Å². The third-order valence-electron chi connectivity index (χ3n) is 5.41. The Morgan fingerprint density at radius 2 is 1.67 bits per heavy atom. The van der Waals surface area contributed by atoms with Crippen LogP contribution in [0.5, 0.6) is 0 Å². The van der Waals surface area contributed by atoms with Crippen molar-refractivity contribution in [2.75, 3.05) is 18.4 Å². The van der Waals surface area contributed by atoms with E-state index < -0.39 is 16.1 Å². The minimum absolute atomic E-state index is 0.231. The van der Waals surface area contributed by atoms with Crippen molar-refractivity contribution in [3.63, 3.8) is 0 Å². The highest BCUT2D eigenvalue weighted by atomic mass is 32.2. The molecule has 8 nitrogen and oxygen atoms in total. The zero-order valence-corrected chi connectivity index (χ0v) is 20.1. The number of hydrogen-bond acceptors (Lipinski definition) is 6. The van der Waals surface area contributed by atoms with Crippen LogP contribution in [-0.2, 0) is 14.8 Å². The highest BCUT2D eigenvalue weighted by Gasteiger charge is 2.25. The standard InChI is InChI=1S/C24H30N4O4S/c1-5-28(6-2)33(30,31)21-14-12-19(13-15-21)18(4)25-23(20-10-8-7-9-11-20)24(29)26-22-16-17(3)32-27-22/h7-16,18,23,25H,5-6H2,1-4H3,(H,26,27,29). The molecule has 0 spiro atoms. The van der Waals surface area contributed by atoms with Crippen molar-refractivity contribution < 1.29 is 17.7 Å². The summed E-state index contributed by atoms with van der Waals surface area (Å²) in [6.45, 7) is 8.14. The Kier molecular flexibility index (Phi) is 8.01. The van der Waals surface area contributed by atoms with E-state index in [-0.39, 0.29) is 16.8 Å². The lowest BCUT2D eigenvalue weighted by molar-refractivity contribution is -0.118. The molecule has 9 heteroatoms. The second-order valence-electron chi connectivity index (χ2n) is 7.70. The summed E-state index contributed by atoms with van der Waals surface area (Å²) in [5.41, 5.74) is 1.65. The van der Waals surface area contributed by atoms with Crippen LogP contribution in [0.2, 0.25) is 0 Å². The summed E-state index contributed by atoms with van der Waals surface area (Å²) in [7, 11) is -3.52. The molecule has 0 fully saturated rings. The van der Waals surface area contributed by atoms with Gasteiger partial charge in [0.1, 0.15) is 11.8 Å². The zero-order valence-electron chi connectivity index (χ0n) is 19.3. The molecule has 0 radical (unpaired) electrons. The van der Waals surface area contributed by atoms with Gasteiger partial charge in [0.05, 0.1) is 4.90 Å². The number of aromatic nitrogens is 1. The third-order valence-corrected chi connectivity index (χ3v) is 7.48. The molecule has 0 saturated carbocycles. The number of nitrogens with one attached hydrogen (secondary N) is 2. The fourth-order valence-electron chi connectivity index (χ4n) is 3.58. The summed E-state index contributed by atoms with van der Waals surface area (Å²) in [4.78, 5) is 13.3. The van der Waals surface area contributed by atoms with Gasteiger partial charge >= 0.3 is 0 Å². The Morgan fingerprint density at radius 1 is 1.03 bits per heavy atom. The Balaban J connectivity index is 1.80. The van der Waals surface area contributed by atoms with Crippen LogP contribution in [0.1, 0.15) is 49.7 Å². The summed E-state index contributed by atoms with van der Waals surface area (Å²) in [6, 6.07) is 16.9. The van der Waals surface area contributed by atoms with E-state index in [9.17, 15) is 13.2 Å². The largest absolute Gasteiger partial charge is 0.360 e. The maximum Gasteiger partial charge on any atom is 0.247 e. The molecule has 2 atom stereocenters. The Labute approximate surface area is 195 Å². The molecule has 2 N–H and O–H groups in total. The van der Waals surface area contributed by atoms with E-state index in [0.29, 0.717) is 24.7 Å². The van der Waals surface area contributed by atoms with E-state index in [2.05, 4.69) is 15.8 Å². The van der Waals surface area contributed by atoms with Gasteiger partial charge in [-0.15, -0.1) is 0 Å². The van der Waals surface area contributed by atoms with Crippen molar-refractivity contribution in [3.05, 3.63) is 77.6 Å². The van der Waals surface area contributed by atoms with Gasteiger partial charge in [-0.3, -0.25) is 10.1 Å². The molecule has 176 valence electrons. The van der Waals surface area contributed by atoms with Crippen LogP contribution in [-0.4, -0.2) is 36.9 Å². The average molecular weight is 471 g/mol. The number of hydrogen-bond donors (Lipinski definition) is 2. The van der Waals surface area contributed by atoms with Crippen molar-refractivity contribution in [2.24, 2.45) is 0 Å². The lowest BCUT2D eigenvalue weighted by atomic mass is 10.0. The number of nitrogens with zero attached hydrogens (tertiary/aromatic N) is 2. The van der Waals surface area contributed by atoms with Gasteiger partial charge in [-0.05, 0) is 37.1 Å². The number of anilines is 1. The summed E-state index contributed by atoms with van der Waals surface area (Å²) < 4.78 is 32.0. The molecule has 0 aliphatic rings. The first-order valence-electron chi connectivity index (χ1n) is 10.9. The van der Waals surface area contributed by atoms with Crippen LogP contribution >= 0.6 is 0 Å². The molecular formula is C24H30N4O4S. The molecule has 2 unspecified atom stereocenters. The van der Waals surface area contributed by atoms with E-state index in [1.54, 1.807) is 37.3 Å². The number of benzene rings is 2. The van der Waals surface area contributed by atoms with Crippen molar-refractivity contribution in [1.82, 2.24) is 14.8 Å². The first-order chi connectivity index (χ1) is 15.8. The predicted molar refractivity (Wildman–Crippen MR) is 127 cm³/mol. The number of carbonyl (C=O) groups excluding carboxylic acids is 1. The van der Waals surface area contributed by atoms with E-state index in [4.69, 9.17) is 4.52 Å². The molecular weight excluding hydrogens is 440 g/mol. The lowest BCUT2D eigenvalue weighted by Gasteiger charge is -2.24. The van der Waals surface area contributed by atoms with Crippen molar-refractivity contribution in [1.29, 1.82) is 0 Å². The predicted octanol–water partition coefficient (Wildman–Crippen LogP) is 4.04. The summed E-state index contributed by atoms with van der Waals surface area (Å²) >= 11 is 0. The van der Waals surface area contributed by atoms with Gasteiger partial charge < -0.3 is 9.84 Å². The van der Waals surface area contributed by atoms with Crippen LogP contribution < -0.4 is 10.6 Å². The molecule has 0 aliphatic heterocycles. The monoisotopic (exact) mass is 470 g/mol. The summed E-state index contributed by atoms with van der Waals surface area (Å²) in [6.07, 6.45) is 0. The quantitative estimate of drug-likeness (QED) is 0.463. The van der Waals surface area contributed by atoms with Gasteiger partial charge in [-0.25, -0.2) is 8.42 Å². The van der Waals surface area contributed by atoms with Crippen molar-refractivity contribution in [3.8, 4) is 0 Å². The van der Waals surface area contributed by atoms with Crippen molar-refractivity contribution >= 4 is 21.7 Å². The number of carbonyl (C=O) groups is 1. The molecule has 3 rings (SSSR count). The third kappa shape index (κ3) is 5.87. The van der Waals surface area contributed by atoms with Crippen molar-refractivity contribution in [2.45, 2.75) is 44.7 Å². The van der Waals surface area contributed by atoms with Gasteiger partial charge in [-0.2, -0.15) is 4.31 Å². The van der Waals surface area contributed by atoms with E-state index in [1.807, 2.05) is 51.1 Å². The molecule has 1 heterocycles. The Morgan fingerprint density at radius 3 is 2.21 bits per heavy atom. The van der Waals surface area contributed by atoms with E-state index in [0.717, 1.165) is 11.1 Å². The number of rotatable bonds is 10. The van der Waals surface area contributed by atoms with Crippen LogP contribution in [0.3, 0.4) is 0 Å². The fraction of sp³-hybridized carbons (Fsp3) is 0.333. The molecule has 1 amide bonds. The minimum Gasteiger partial charge on any atom is -0.360 e. The Hall–Kier alpha value is -3.01. The van der Waals surface area contributed by atoms with Crippen LogP contribution in [0.4, 0.5) is 5.82 Å². The molecule has 0 aliphatic carbocycles. The van der Waals surface area contributed by atoms with Gasteiger partial charge in [0.25, 0.3) is 0 Å². The summed E-state index contributed by atoms with van der Waals surface area (Å²) in [5.74, 6) is 0.670. The highest BCUT2D eigenvalue weighted by Crippen LogP contribution is 2.24. The normalized spacial score (nSPS) is 13.6. The molecule has 33 heavy (non-hydrogen) atoms. The molecule has 1 aromatic heterocycles. The van der Waals surface area contributed by atoms with Gasteiger partial charge in [0.2, 0.25) is 15.9 Å². The first-order valence-corrected chi connectivity index (χ1v) is 12.4. The number of amides is 1. The van der Waals surface area contributed by atoms with Crippen LogP contribution in [0.15, 0.2) is 70.1 Å². The smallest absolute Gasteiger partial charge is 0.247 e. The highest BCUT2D eigenvalue weighted by molar-refractivity contribution is 7.89. The fourth-order valence-corrected chi connectivity index (χ4v) is 5.04. The second kappa shape index (κ2) is 10.7. The van der Waals surface area contributed by atoms with E-state index in [1.165, 1.54) is 4.31 Å². The maximum absolute atomic E-state index is 13.1. The van der Waals surface area contributed by atoms with E-state index >= 15 is 0 Å². The Bertz CT molecular complexity index is 1160. The first kappa shape index (κ1) is 24.6. The van der Waals surface area contributed by atoms with Crippen LogP contribution in [0.25, 0.3) is 0 Å². The van der Waals surface area contributed by atoms with Gasteiger partial charge in [0, 0.05) is 25.2 Å². The zero-order chi connectivity index (χ0) is 24.0. The second-order valence-corrected chi connectivity index (χ2v) is 9.64. The minimum atomic E-state index is -3.52. The molecule has 3 aromatic rings.